The molecule has 88 valence electrons. The van der Waals surface area contributed by atoms with Gasteiger partial charge in [0.25, 0.3) is 0 Å². The molecule has 0 radical (unpaired) electrons. The zero-order valence-electron chi connectivity index (χ0n) is 9.88. The predicted molar refractivity (Wildman–Crippen MR) is 65.8 cm³/mol. The smallest absolute Gasteiger partial charge is 0.147 e. The van der Waals surface area contributed by atoms with Crippen LogP contribution in [0.15, 0.2) is 5.38 Å². The van der Waals surface area contributed by atoms with Crippen molar-refractivity contribution >= 4 is 17.1 Å². The van der Waals surface area contributed by atoms with Crippen LogP contribution < -0.4 is 5.32 Å². The van der Waals surface area contributed by atoms with Crippen LogP contribution in [0, 0.1) is 12.3 Å². The summed E-state index contributed by atoms with van der Waals surface area (Å²) in [4.78, 5) is 16.7. The van der Waals surface area contributed by atoms with E-state index in [4.69, 9.17) is 0 Å². The molecule has 1 unspecified atom stereocenters. The first-order valence-electron chi connectivity index (χ1n) is 5.81. The highest BCUT2D eigenvalue weighted by Crippen LogP contribution is 2.32. The molecule has 1 aliphatic heterocycles. The maximum atomic E-state index is 12.3. The Morgan fingerprint density at radius 3 is 3.00 bits per heavy atom. The van der Waals surface area contributed by atoms with Gasteiger partial charge in [-0.05, 0) is 26.3 Å². The Morgan fingerprint density at radius 1 is 1.69 bits per heavy atom. The van der Waals surface area contributed by atoms with E-state index in [1.165, 1.54) is 0 Å². The number of thiazole rings is 1. The molecule has 1 fully saturated rings. The number of aryl methyl sites for hydroxylation is 1. The first kappa shape index (κ1) is 11.7. The number of rotatable bonds is 4. The topological polar surface area (TPSA) is 42.0 Å². The van der Waals surface area contributed by atoms with E-state index in [1.54, 1.807) is 11.3 Å². The Balaban J connectivity index is 2.07. The molecule has 16 heavy (non-hydrogen) atoms. The quantitative estimate of drug-likeness (QED) is 0.872. The standard InChI is InChI=1S/C12H18N2OS/c1-3-12(4-5-13-8-12)10(15)6-11-14-9(2)7-16-11/h7,13H,3-6,8H2,1-2H3. The van der Waals surface area contributed by atoms with E-state index in [0.717, 1.165) is 36.6 Å². The molecule has 3 nitrogen and oxygen atoms in total. The minimum atomic E-state index is -0.125. The Kier molecular flexibility index (Phi) is 3.40. The van der Waals surface area contributed by atoms with Crippen LogP contribution in [0.5, 0.6) is 0 Å². The second kappa shape index (κ2) is 4.63. The summed E-state index contributed by atoms with van der Waals surface area (Å²) in [5.74, 6) is 0.356. The van der Waals surface area contributed by atoms with E-state index >= 15 is 0 Å². The monoisotopic (exact) mass is 238 g/mol. The maximum absolute atomic E-state index is 12.3. The zero-order chi connectivity index (χ0) is 11.6. The van der Waals surface area contributed by atoms with Crippen molar-refractivity contribution in [2.45, 2.75) is 33.1 Å². The van der Waals surface area contributed by atoms with Crippen molar-refractivity contribution in [3.63, 3.8) is 0 Å². The number of hydrogen-bond donors (Lipinski definition) is 1. The third kappa shape index (κ3) is 2.18. The molecule has 0 bridgehead atoms. The largest absolute Gasteiger partial charge is 0.316 e. The van der Waals surface area contributed by atoms with Gasteiger partial charge in [0.15, 0.2) is 0 Å². The maximum Gasteiger partial charge on any atom is 0.147 e. The number of hydrogen-bond acceptors (Lipinski definition) is 4. The highest BCUT2D eigenvalue weighted by atomic mass is 32.1. The van der Waals surface area contributed by atoms with Gasteiger partial charge in [-0.2, -0.15) is 0 Å². The van der Waals surface area contributed by atoms with Crippen molar-refractivity contribution in [3.05, 3.63) is 16.1 Å². The summed E-state index contributed by atoms with van der Waals surface area (Å²) in [6.07, 6.45) is 2.42. The first-order chi connectivity index (χ1) is 7.66. The van der Waals surface area contributed by atoms with Crippen LogP contribution in [0.4, 0.5) is 0 Å². The van der Waals surface area contributed by atoms with Gasteiger partial charge in [0.05, 0.1) is 6.42 Å². The Hall–Kier alpha value is -0.740. The Bertz CT molecular complexity index is 380. The van der Waals surface area contributed by atoms with E-state index in [9.17, 15) is 4.79 Å². The molecule has 0 amide bonds. The lowest BCUT2D eigenvalue weighted by Gasteiger charge is -2.24. The summed E-state index contributed by atoms with van der Waals surface area (Å²) in [6.45, 7) is 5.89. The molecule has 1 saturated heterocycles. The Labute approximate surface area is 100 Å². The lowest BCUT2D eigenvalue weighted by molar-refractivity contribution is -0.127. The van der Waals surface area contributed by atoms with Crippen LogP contribution in [-0.2, 0) is 11.2 Å². The second-order valence-corrected chi connectivity index (χ2v) is 5.49. The average molecular weight is 238 g/mol. The van der Waals surface area contributed by atoms with Crippen molar-refractivity contribution in [1.82, 2.24) is 10.3 Å². The second-order valence-electron chi connectivity index (χ2n) is 4.54. The molecule has 1 atom stereocenters. The first-order valence-corrected chi connectivity index (χ1v) is 6.69. The van der Waals surface area contributed by atoms with Crippen LogP contribution in [-0.4, -0.2) is 23.9 Å². The fraction of sp³-hybridized carbons (Fsp3) is 0.667. The van der Waals surface area contributed by atoms with Crippen LogP contribution in [0.25, 0.3) is 0 Å². The molecular weight excluding hydrogens is 220 g/mol. The van der Waals surface area contributed by atoms with Gasteiger partial charge in [-0.1, -0.05) is 6.92 Å². The van der Waals surface area contributed by atoms with Crippen LogP contribution >= 0.6 is 11.3 Å². The molecule has 1 aromatic heterocycles. The normalized spacial score (nSPS) is 24.9. The molecule has 2 rings (SSSR count). The van der Waals surface area contributed by atoms with Crippen molar-refractivity contribution in [2.75, 3.05) is 13.1 Å². The molecule has 1 aromatic rings. The van der Waals surface area contributed by atoms with Gasteiger partial charge in [0, 0.05) is 23.0 Å². The summed E-state index contributed by atoms with van der Waals surface area (Å²) >= 11 is 1.59. The number of Topliss-reactive ketones (excluding diaryl/α,β-unsaturated/α-hetero) is 1. The summed E-state index contributed by atoms with van der Waals surface area (Å²) in [6, 6.07) is 0. The predicted octanol–water partition coefficient (Wildman–Crippen LogP) is 1.95. The lowest BCUT2D eigenvalue weighted by Crippen LogP contribution is -2.34. The highest BCUT2D eigenvalue weighted by molar-refractivity contribution is 7.09. The van der Waals surface area contributed by atoms with Gasteiger partial charge >= 0.3 is 0 Å². The number of nitrogens with zero attached hydrogens (tertiary/aromatic N) is 1. The Morgan fingerprint density at radius 2 is 2.50 bits per heavy atom. The van der Waals surface area contributed by atoms with Crippen LogP contribution in [0.1, 0.15) is 30.5 Å². The summed E-state index contributed by atoms with van der Waals surface area (Å²) in [5, 5.41) is 6.27. The van der Waals surface area contributed by atoms with Crippen molar-refractivity contribution < 1.29 is 4.79 Å². The van der Waals surface area contributed by atoms with Crippen LogP contribution in [0.3, 0.4) is 0 Å². The molecule has 4 heteroatoms. The van der Waals surface area contributed by atoms with Crippen molar-refractivity contribution in [2.24, 2.45) is 5.41 Å². The van der Waals surface area contributed by atoms with E-state index in [2.05, 4.69) is 17.2 Å². The molecule has 0 spiro atoms. The zero-order valence-corrected chi connectivity index (χ0v) is 10.7. The molecule has 0 aromatic carbocycles. The van der Waals surface area contributed by atoms with E-state index in [1.807, 2.05) is 12.3 Å². The van der Waals surface area contributed by atoms with Gasteiger partial charge in [-0.25, -0.2) is 4.98 Å². The third-order valence-electron chi connectivity index (χ3n) is 3.49. The third-order valence-corrected chi connectivity index (χ3v) is 4.46. The van der Waals surface area contributed by atoms with Gasteiger partial charge in [0.1, 0.15) is 10.8 Å². The van der Waals surface area contributed by atoms with E-state index < -0.39 is 0 Å². The molecule has 2 heterocycles. The molecule has 1 N–H and O–H groups in total. The highest BCUT2D eigenvalue weighted by Gasteiger charge is 2.39. The van der Waals surface area contributed by atoms with Gasteiger partial charge in [-0.15, -0.1) is 11.3 Å². The number of ketones is 1. The fourth-order valence-electron chi connectivity index (χ4n) is 2.29. The number of nitrogens with one attached hydrogen (secondary N) is 1. The fourth-order valence-corrected chi connectivity index (χ4v) is 3.06. The average Bonchev–Trinajstić information content (AvgIpc) is 2.88. The minimum Gasteiger partial charge on any atom is -0.316 e. The van der Waals surface area contributed by atoms with E-state index in [-0.39, 0.29) is 5.41 Å². The molecule has 1 aliphatic rings. The van der Waals surface area contributed by atoms with Gasteiger partial charge in [0.2, 0.25) is 0 Å². The summed E-state index contributed by atoms with van der Waals surface area (Å²) in [5.41, 5.74) is 0.891. The summed E-state index contributed by atoms with van der Waals surface area (Å²) < 4.78 is 0. The molecule has 0 saturated carbocycles. The molecular formula is C12H18N2OS. The number of carbonyl (C=O) groups is 1. The van der Waals surface area contributed by atoms with Gasteiger partial charge < -0.3 is 5.32 Å². The van der Waals surface area contributed by atoms with E-state index in [0.29, 0.717) is 12.2 Å². The van der Waals surface area contributed by atoms with Crippen LogP contribution in [0.2, 0.25) is 0 Å². The SMILES string of the molecule is CCC1(C(=O)Cc2nc(C)cs2)CCNC1. The lowest BCUT2D eigenvalue weighted by atomic mass is 9.79. The van der Waals surface area contributed by atoms with Gasteiger partial charge in [-0.3, -0.25) is 4.79 Å². The number of carbonyl (C=O) groups excluding carboxylic acids is 1. The number of aromatic nitrogens is 1. The van der Waals surface area contributed by atoms with Crippen molar-refractivity contribution in [1.29, 1.82) is 0 Å². The minimum absolute atomic E-state index is 0.125. The van der Waals surface area contributed by atoms with Crippen molar-refractivity contribution in [3.8, 4) is 0 Å². The summed E-state index contributed by atoms with van der Waals surface area (Å²) in [7, 11) is 0. The molecule has 0 aliphatic carbocycles.